The smallest absolute Gasteiger partial charge is 0.260 e. The van der Waals surface area contributed by atoms with Crippen LogP contribution in [0.1, 0.15) is 10.7 Å². The number of aromatic nitrogens is 3. The van der Waals surface area contributed by atoms with Gasteiger partial charge in [0.1, 0.15) is 0 Å². The van der Waals surface area contributed by atoms with Crippen LogP contribution in [0.5, 0.6) is 0 Å². The molecule has 1 aromatic carbocycles. The molecule has 124 valence electrons. The van der Waals surface area contributed by atoms with Crippen molar-refractivity contribution in [2.45, 2.75) is 13.5 Å². The van der Waals surface area contributed by atoms with Crippen LogP contribution in [-0.4, -0.2) is 46.0 Å². The molecule has 1 saturated heterocycles. The van der Waals surface area contributed by atoms with Gasteiger partial charge in [-0.15, -0.1) is 11.3 Å². The van der Waals surface area contributed by atoms with E-state index in [9.17, 15) is 4.79 Å². The second kappa shape index (κ2) is 6.33. The maximum Gasteiger partial charge on any atom is 0.260 e. The van der Waals surface area contributed by atoms with E-state index < -0.39 is 0 Å². The molecule has 0 saturated carbocycles. The molecule has 7 heteroatoms. The molecule has 3 heterocycles. The number of nitrogens with zero attached hydrogens (tertiary/aromatic N) is 4. The quantitative estimate of drug-likeness (QED) is 0.789. The van der Waals surface area contributed by atoms with Gasteiger partial charge in [0.15, 0.2) is 0 Å². The topological polar surface area (TPSA) is 65.1 Å². The summed E-state index contributed by atoms with van der Waals surface area (Å²) in [5.41, 5.74) is 1.82. The number of thiazole rings is 1. The molecule has 0 radical (unpaired) electrons. The van der Waals surface area contributed by atoms with E-state index in [1.165, 1.54) is 0 Å². The fraction of sp³-hybridized carbons (Fsp3) is 0.353. The lowest BCUT2D eigenvalue weighted by Gasteiger charge is -2.34. The highest BCUT2D eigenvalue weighted by Crippen LogP contribution is 2.16. The summed E-state index contributed by atoms with van der Waals surface area (Å²) in [5.74, 6) is 0.669. The number of hydrogen-bond donors (Lipinski definition) is 1. The monoisotopic (exact) mass is 341 g/mol. The Balaban J connectivity index is 1.46. The second-order valence-corrected chi connectivity index (χ2v) is 7.09. The first-order valence-corrected chi connectivity index (χ1v) is 8.94. The van der Waals surface area contributed by atoms with Gasteiger partial charge in [-0.05, 0) is 19.1 Å². The van der Waals surface area contributed by atoms with Crippen molar-refractivity contribution in [1.82, 2.24) is 19.9 Å². The number of hydrogen-bond acceptors (Lipinski definition) is 6. The van der Waals surface area contributed by atoms with Gasteiger partial charge in [0.2, 0.25) is 5.95 Å². The van der Waals surface area contributed by atoms with Crippen LogP contribution < -0.4 is 10.5 Å². The highest BCUT2D eigenvalue weighted by molar-refractivity contribution is 7.09. The first-order valence-electron chi connectivity index (χ1n) is 8.06. The van der Waals surface area contributed by atoms with Gasteiger partial charge in [-0.3, -0.25) is 14.7 Å². The minimum atomic E-state index is -0.0732. The normalized spacial score (nSPS) is 16.0. The molecule has 2 aromatic heterocycles. The van der Waals surface area contributed by atoms with Crippen LogP contribution in [0.3, 0.4) is 0 Å². The molecule has 0 bridgehead atoms. The van der Waals surface area contributed by atoms with Crippen molar-refractivity contribution in [2.75, 3.05) is 31.1 Å². The average Bonchev–Trinajstić information content (AvgIpc) is 3.00. The zero-order valence-electron chi connectivity index (χ0n) is 13.5. The predicted molar refractivity (Wildman–Crippen MR) is 96.7 cm³/mol. The Bertz CT molecular complexity index is 910. The molecule has 3 aromatic rings. The van der Waals surface area contributed by atoms with Gasteiger partial charge < -0.3 is 4.90 Å². The fourth-order valence-corrected chi connectivity index (χ4v) is 3.66. The molecular weight excluding hydrogens is 322 g/mol. The number of nitrogens with one attached hydrogen (secondary N) is 1. The zero-order valence-corrected chi connectivity index (χ0v) is 14.3. The molecule has 4 rings (SSSR count). The number of piperazine rings is 1. The van der Waals surface area contributed by atoms with Crippen LogP contribution in [0.2, 0.25) is 0 Å². The van der Waals surface area contributed by atoms with Crippen LogP contribution in [0.25, 0.3) is 10.9 Å². The summed E-state index contributed by atoms with van der Waals surface area (Å²) >= 11 is 1.70. The van der Waals surface area contributed by atoms with Gasteiger partial charge in [-0.1, -0.05) is 12.1 Å². The van der Waals surface area contributed by atoms with Crippen molar-refractivity contribution in [3.8, 4) is 0 Å². The predicted octanol–water partition coefficient (Wildman–Crippen LogP) is 2.01. The first kappa shape index (κ1) is 15.3. The summed E-state index contributed by atoms with van der Waals surface area (Å²) in [6, 6.07) is 7.46. The maximum absolute atomic E-state index is 12.2. The molecule has 1 N–H and O–H groups in total. The van der Waals surface area contributed by atoms with Gasteiger partial charge in [0.25, 0.3) is 5.56 Å². The third-order valence-corrected chi connectivity index (χ3v) is 5.15. The number of anilines is 1. The Hall–Kier alpha value is -2.25. The van der Waals surface area contributed by atoms with Gasteiger partial charge >= 0.3 is 0 Å². The van der Waals surface area contributed by atoms with E-state index in [-0.39, 0.29) is 5.56 Å². The first-order chi connectivity index (χ1) is 11.7. The SMILES string of the molecule is Cc1nc(CN2CCN(c3nc4ccccc4c(=O)[nH]3)CC2)cs1. The minimum Gasteiger partial charge on any atom is -0.340 e. The molecule has 6 nitrogen and oxygen atoms in total. The zero-order chi connectivity index (χ0) is 16.5. The van der Waals surface area contributed by atoms with Crippen molar-refractivity contribution >= 4 is 28.2 Å². The van der Waals surface area contributed by atoms with Crippen molar-refractivity contribution < 1.29 is 0 Å². The molecule has 0 unspecified atom stereocenters. The van der Waals surface area contributed by atoms with Crippen molar-refractivity contribution in [3.05, 3.63) is 50.7 Å². The molecule has 0 amide bonds. The molecule has 0 atom stereocenters. The van der Waals surface area contributed by atoms with Gasteiger partial charge in [-0.25, -0.2) is 9.97 Å². The Morgan fingerprint density at radius 2 is 1.96 bits per heavy atom. The summed E-state index contributed by atoms with van der Waals surface area (Å²) < 4.78 is 0. The third kappa shape index (κ3) is 3.05. The van der Waals surface area contributed by atoms with Crippen molar-refractivity contribution in [2.24, 2.45) is 0 Å². The fourth-order valence-electron chi connectivity index (χ4n) is 3.05. The van der Waals surface area contributed by atoms with Crippen LogP contribution >= 0.6 is 11.3 Å². The van der Waals surface area contributed by atoms with E-state index >= 15 is 0 Å². The molecule has 0 spiro atoms. The molecule has 0 aliphatic carbocycles. The maximum atomic E-state index is 12.2. The molecule has 1 aliphatic heterocycles. The molecule has 24 heavy (non-hydrogen) atoms. The van der Waals surface area contributed by atoms with E-state index in [2.05, 4.69) is 30.1 Å². The van der Waals surface area contributed by atoms with E-state index in [1.54, 1.807) is 17.4 Å². The van der Waals surface area contributed by atoms with Gasteiger partial charge in [-0.2, -0.15) is 0 Å². The van der Waals surface area contributed by atoms with Crippen LogP contribution in [0.15, 0.2) is 34.4 Å². The van der Waals surface area contributed by atoms with Gasteiger partial charge in [0, 0.05) is 38.1 Å². The summed E-state index contributed by atoms with van der Waals surface area (Å²) in [7, 11) is 0. The summed E-state index contributed by atoms with van der Waals surface area (Å²) in [6.07, 6.45) is 0. The number of para-hydroxylation sites is 1. The average molecular weight is 341 g/mol. The van der Waals surface area contributed by atoms with Crippen molar-refractivity contribution in [3.63, 3.8) is 0 Å². The largest absolute Gasteiger partial charge is 0.340 e. The van der Waals surface area contributed by atoms with Crippen LogP contribution in [0.4, 0.5) is 5.95 Å². The van der Waals surface area contributed by atoms with E-state index in [1.807, 2.05) is 25.1 Å². The number of aryl methyl sites for hydroxylation is 1. The summed E-state index contributed by atoms with van der Waals surface area (Å²) in [5, 5.41) is 3.88. The lowest BCUT2D eigenvalue weighted by atomic mass is 10.2. The second-order valence-electron chi connectivity index (χ2n) is 6.03. The Kier molecular flexibility index (Phi) is 4.03. The summed E-state index contributed by atoms with van der Waals surface area (Å²) in [4.78, 5) is 28.8. The number of benzene rings is 1. The standard InChI is InChI=1S/C17H19N5OS/c1-12-18-13(11-24-12)10-21-6-8-22(9-7-21)17-19-15-5-3-2-4-14(15)16(23)20-17/h2-5,11H,6-10H2,1H3,(H,19,20,23). The number of aromatic amines is 1. The highest BCUT2D eigenvalue weighted by atomic mass is 32.1. The Morgan fingerprint density at radius 1 is 1.17 bits per heavy atom. The Morgan fingerprint density at radius 3 is 2.71 bits per heavy atom. The van der Waals surface area contributed by atoms with Crippen molar-refractivity contribution in [1.29, 1.82) is 0 Å². The minimum absolute atomic E-state index is 0.0732. The highest BCUT2D eigenvalue weighted by Gasteiger charge is 2.20. The van der Waals surface area contributed by atoms with E-state index in [4.69, 9.17) is 0 Å². The lowest BCUT2D eigenvalue weighted by Crippen LogP contribution is -2.47. The third-order valence-electron chi connectivity index (χ3n) is 4.32. The lowest BCUT2D eigenvalue weighted by molar-refractivity contribution is 0.246. The van der Waals surface area contributed by atoms with Crippen LogP contribution in [0, 0.1) is 6.92 Å². The summed E-state index contributed by atoms with van der Waals surface area (Å²) in [6.45, 7) is 6.50. The number of H-pyrrole nitrogens is 1. The molecule has 1 fully saturated rings. The molecular formula is C17H19N5OS. The number of rotatable bonds is 3. The van der Waals surface area contributed by atoms with Gasteiger partial charge in [0.05, 0.1) is 21.6 Å². The van der Waals surface area contributed by atoms with Crippen LogP contribution in [-0.2, 0) is 6.54 Å². The van der Waals surface area contributed by atoms with E-state index in [0.29, 0.717) is 11.3 Å². The van der Waals surface area contributed by atoms with E-state index in [0.717, 1.165) is 48.9 Å². The Labute approximate surface area is 143 Å². The molecule has 1 aliphatic rings. The number of fused-ring (bicyclic) bond motifs is 1.